The average molecular weight is 274 g/mol. The number of hydrogen-bond donors (Lipinski definition) is 2. The van der Waals surface area contributed by atoms with E-state index < -0.39 is 0 Å². The van der Waals surface area contributed by atoms with Crippen molar-refractivity contribution in [1.29, 1.82) is 0 Å². The number of oxime groups is 1. The number of rotatable bonds is 4. The zero-order valence-electron chi connectivity index (χ0n) is 11.0. The molecule has 0 saturated carbocycles. The Labute approximate surface area is 116 Å². The van der Waals surface area contributed by atoms with Crippen molar-refractivity contribution in [2.75, 3.05) is 0 Å². The molecule has 2 aromatic carbocycles. The van der Waals surface area contributed by atoms with Crippen LogP contribution in [0.15, 0.2) is 47.6 Å². The van der Waals surface area contributed by atoms with Crippen molar-refractivity contribution in [3.8, 4) is 5.75 Å². The number of amidine groups is 1. The molecule has 0 aliphatic heterocycles. The molecule has 0 amide bonds. The van der Waals surface area contributed by atoms with E-state index in [1.54, 1.807) is 24.3 Å². The van der Waals surface area contributed by atoms with Crippen LogP contribution in [0.3, 0.4) is 0 Å². The molecule has 3 N–H and O–H groups in total. The second-order valence-electron chi connectivity index (χ2n) is 4.38. The summed E-state index contributed by atoms with van der Waals surface area (Å²) >= 11 is 0. The largest absolute Gasteiger partial charge is 0.489 e. The fraction of sp³-hybridized carbons (Fsp3) is 0.133. The number of aryl methyl sites for hydroxylation is 1. The average Bonchev–Trinajstić information content (AvgIpc) is 2.47. The lowest BCUT2D eigenvalue weighted by Gasteiger charge is -2.10. The third-order valence-corrected chi connectivity index (χ3v) is 2.88. The third-order valence-electron chi connectivity index (χ3n) is 2.88. The lowest BCUT2D eigenvalue weighted by atomic mass is 10.1. The van der Waals surface area contributed by atoms with E-state index in [4.69, 9.17) is 15.7 Å². The first-order valence-corrected chi connectivity index (χ1v) is 6.06. The lowest BCUT2D eigenvalue weighted by Crippen LogP contribution is -2.13. The first-order valence-electron chi connectivity index (χ1n) is 6.06. The minimum absolute atomic E-state index is 0.0359. The van der Waals surface area contributed by atoms with E-state index in [2.05, 4.69) is 5.16 Å². The van der Waals surface area contributed by atoms with Gasteiger partial charge in [-0.05, 0) is 30.2 Å². The van der Waals surface area contributed by atoms with Crippen LogP contribution in [-0.4, -0.2) is 11.0 Å². The minimum atomic E-state index is -0.337. The highest BCUT2D eigenvalue weighted by atomic mass is 19.1. The summed E-state index contributed by atoms with van der Waals surface area (Å²) in [7, 11) is 0. The third kappa shape index (κ3) is 3.26. The molecule has 2 rings (SSSR count). The predicted octanol–water partition coefficient (Wildman–Crippen LogP) is 2.81. The predicted molar refractivity (Wildman–Crippen MR) is 74.4 cm³/mol. The van der Waals surface area contributed by atoms with Gasteiger partial charge in [-0.2, -0.15) is 0 Å². The molecule has 0 spiro atoms. The second-order valence-corrected chi connectivity index (χ2v) is 4.38. The molecule has 0 atom stereocenters. The van der Waals surface area contributed by atoms with Crippen molar-refractivity contribution >= 4 is 5.84 Å². The smallest absolute Gasteiger partial charge is 0.170 e. The van der Waals surface area contributed by atoms with Crippen LogP contribution >= 0.6 is 0 Å². The van der Waals surface area contributed by atoms with Crippen LogP contribution in [0.1, 0.15) is 16.7 Å². The van der Waals surface area contributed by atoms with Crippen LogP contribution in [0, 0.1) is 12.7 Å². The number of hydrogen-bond acceptors (Lipinski definition) is 3. The van der Waals surface area contributed by atoms with Gasteiger partial charge in [0.05, 0.1) is 0 Å². The van der Waals surface area contributed by atoms with Gasteiger partial charge in [0.2, 0.25) is 0 Å². The van der Waals surface area contributed by atoms with Gasteiger partial charge in [-0.1, -0.05) is 29.4 Å². The van der Waals surface area contributed by atoms with Gasteiger partial charge in [0.25, 0.3) is 0 Å². The Bertz CT molecular complexity index is 642. The van der Waals surface area contributed by atoms with E-state index in [0.717, 1.165) is 11.1 Å². The fourth-order valence-electron chi connectivity index (χ4n) is 1.77. The molecule has 20 heavy (non-hydrogen) atoms. The Kier molecular flexibility index (Phi) is 4.20. The molecule has 0 aromatic heterocycles. The molecule has 0 fully saturated rings. The summed E-state index contributed by atoms with van der Waals surface area (Å²) < 4.78 is 18.7. The molecule has 0 heterocycles. The van der Waals surface area contributed by atoms with E-state index >= 15 is 0 Å². The van der Waals surface area contributed by atoms with Gasteiger partial charge in [-0.25, -0.2) is 4.39 Å². The van der Waals surface area contributed by atoms with Gasteiger partial charge in [0, 0.05) is 11.6 Å². The van der Waals surface area contributed by atoms with Crippen LogP contribution in [0.4, 0.5) is 4.39 Å². The molecule has 0 saturated heterocycles. The maximum atomic E-state index is 13.1. The molecular formula is C15H15FN2O2. The van der Waals surface area contributed by atoms with E-state index in [9.17, 15) is 4.39 Å². The van der Waals surface area contributed by atoms with Gasteiger partial charge in [-0.3, -0.25) is 0 Å². The Hall–Kier alpha value is -2.56. The van der Waals surface area contributed by atoms with Gasteiger partial charge in [-0.15, -0.1) is 0 Å². The first kappa shape index (κ1) is 13.9. The lowest BCUT2D eigenvalue weighted by molar-refractivity contribution is 0.302. The standard InChI is InChI=1S/C15H15FN2O2/c1-10-5-6-13(16)8-14(10)20-9-11-3-2-4-12(7-11)15(17)18-19/h2-8,19H,9H2,1H3,(H2,17,18). The molecule has 4 nitrogen and oxygen atoms in total. The highest BCUT2D eigenvalue weighted by Gasteiger charge is 2.04. The molecule has 0 bridgehead atoms. The summed E-state index contributed by atoms with van der Waals surface area (Å²) in [6.07, 6.45) is 0. The van der Waals surface area contributed by atoms with Crippen molar-refractivity contribution in [3.63, 3.8) is 0 Å². The van der Waals surface area contributed by atoms with Crippen molar-refractivity contribution in [3.05, 3.63) is 65.0 Å². The van der Waals surface area contributed by atoms with E-state index in [-0.39, 0.29) is 18.3 Å². The Balaban J connectivity index is 2.13. The summed E-state index contributed by atoms with van der Waals surface area (Å²) in [5.74, 6) is 0.198. The van der Waals surface area contributed by atoms with Gasteiger partial charge in [0.1, 0.15) is 18.2 Å². The highest BCUT2D eigenvalue weighted by molar-refractivity contribution is 5.97. The van der Waals surface area contributed by atoms with Crippen LogP contribution in [0.2, 0.25) is 0 Å². The number of nitrogens with zero attached hydrogens (tertiary/aromatic N) is 1. The minimum Gasteiger partial charge on any atom is -0.489 e. The summed E-state index contributed by atoms with van der Waals surface area (Å²) in [6, 6.07) is 11.5. The van der Waals surface area contributed by atoms with Gasteiger partial charge in [0.15, 0.2) is 5.84 Å². The first-order chi connectivity index (χ1) is 9.60. The zero-order valence-corrected chi connectivity index (χ0v) is 11.0. The summed E-state index contributed by atoms with van der Waals surface area (Å²) in [4.78, 5) is 0. The number of ether oxygens (including phenoxy) is 1. The summed E-state index contributed by atoms with van der Waals surface area (Å²) in [5.41, 5.74) is 7.83. The maximum absolute atomic E-state index is 13.1. The second kappa shape index (κ2) is 6.06. The fourth-order valence-corrected chi connectivity index (χ4v) is 1.77. The molecule has 2 aromatic rings. The number of halogens is 1. The Morgan fingerprint density at radius 3 is 2.85 bits per heavy atom. The van der Waals surface area contributed by atoms with E-state index in [0.29, 0.717) is 11.3 Å². The molecule has 0 unspecified atom stereocenters. The molecule has 0 radical (unpaired) electrons. The zero-order chi connectivity index (χ0) is 14.5. The quantitative estimate of drug-likeness (QED) is 0.390. The van der Waals surface area contributed by atoms with Gasteiger partial charge >= 0.3 is 0 Å². The summed E-state index contributed by atoms with van der Waals surface area (Å²) in [5, 5.41) is 11.6. The van der Waals surface area contributed by atoms with Crippen molar-refractivity contribution in [1.82, 2.24) is 0 Å². The van der Waals surface area contributed by atoms with Crippen molar-refractivity contribution < 1.29 is 14.3 Å². The van der Waals surface area contributed by atoms with Crippen LogP contribution in [0.25, 0.3) is 0 Å². The van der Waals surface area contributed by atoms with Crippen molar-refractivity contribution in [2.45, 2.75) is 13.5 Å². The van der Waals surface area contributed by atoms with E-state index in [1.807, 2.05) is 13.0 Å². The molecule has 0 aliphatic carbocycles. The van der Waals surface area contributed by atoms with Crippen LogP contribution in [-0.2, 0) is 6.61 Å². The topological polar surface area (TPSA) is 67.8 Å². The maximum Gasteiger partial charge on any atom is 0.170 e. The molecule has 104 valence electrons. The van der Waals surface area contributed by atoms with Gasteiger partial charge < -0.3 is 15.7 Å². The molecular weight excluding hydrogens is 259 g/mol. The highest BCUT2D eigenvalue weighted by Crippen LogP contribution is 2.20. The number of benzene rings is 2. The number of nitrogens with two attached hydrogens (primary N) is 1. The van der Waals surface area contributed by atoms with Crippen LogP contribution in [0.5, 0.6) is 5.75 Å². The molecule has 0 aliphatic rings. The summed E-state index contributed by atoms with van der Waals surface area (Å²) in [6.45, 7) is 2.12. The molecule has 5 heteroatoms. The normalized spacial score (nSPS) is 11.4. The van der Waals surface area contributed by atoms with Crippen LogP contribution < -0.4 is 10.5 Å². The SMILES string of the molecule is Cc1ccc(F)cc1OCc1cccc(/C(N)=N/O)c1. The Morgan fingerprint density at radius 2 is 2.10 bits per heavy atom. The monoisotopic (exact) mass is 274 g/mol. The van der Waals surface area contributed by atoms with Crippen molar-refractivity contribution in [2.24, 2.45) is 10.9 Å². The van der Waals surface area contributed by atoms with E-state index in [1.165, 1.54) is 12.1 Å². The Morgan fingerprint density at radius 1 is 1.30 bits per heavy atom.